The Morgan fingerprint density at radius 2 is 1.83 bits per heavy atom. The summed E-state index contributed by atoms with van der Waals surface area (Å²) in [6, 6.07) is 12.2. The normalized spacial score (nSPS) is 12.2. The van der Waals surface area contributed by atoms with E-state index in [1.807, 2.05) is 24.3 Å². The molecule has 0 aliphatic rings. The number of benzene rings is 2. The second-order valence-corrected chi connectivity index (χ2v) is 5.48. The van der Waals surface area contributed by atoms with Crippen LogP contribution in [-0.4, -0.2) is 7.11 Å². The van der Waals surface area contributed by atoms with Gasteiger partial charge in [0, 0.05) is 9.13 Å². The summed E-state index contributed by atoms with van der Waals surface area (Å²) in [7, 11) is 1.55. The first kappa shape index (κ1) is 13.6. The van der Waals surface area contributed by atoms with Crippen LogP contribution in [0.2, 0.25) is 0 Å². The third-order valence-corrected chi connectivity index (χ3v) is 3.83. The maximum absolute atomic E-state index is 13.3. The minimum Gasteiger partial charge on any atom is -0.496 e. The predicted molar refractivity (Wildman–Crippen MR) is 79.8 cm³/mol. The summed E-state index contributed by atoms with van der Waals surface area (Å²) in [6.45, 7) is 0. The number of halogens is 3. The first-order valence-electron chi connectivity index (χ1n) is 5.35. The predicted octanol–water partition coefficient (Wildman–Crippen LogP) is 4.77. The van der Waals surface area contributed by atoms with E-state index in [0.717, 1.165) is 9.13 Å². The lowest BCUT2D eigenvalue weighted by atomic mass is 10.0. The van der Waals surface area contributed by atoms with Gasteiger partial charge in [0.2, 0.25) is 0 Å². The molecule has 2 aromatic rings. The molecule has 0 N–H and O–H groups in total. The van der Waals surface area contributed by atoms with Gasteiger partial charge in [-0.3, -0.25) is 0 Å². The van der Waals surface area contributed by atoms with Gasteiger partial charge in [-0.2, -0.15) is 0 Å². The fraction of sp³-hybridized carbons (Fsp3) is 0.143. The fourth-order valence-electron chi connectivity index (χ4n) is 1.71. The van der Waals surface area contributed by atoms with Crippen molar-refractivity contribution in [3.8, 4) is 5.75 Å². The number of ether oxygens (including phenoxy) is 1. The van der Waals surface area contributed by atoms with Crippen LogP contribution in [0.5, 0.6) is 5.75 Å². The first-order chi connectivity index (χ1) is 8.61. The highest BCUT2D eigenvalue weighted by atomic mass is 127. The highest BCUT2D eigenvalue weighted by Gasteiger charge is 2.16. The van der Waals surface area contributed by atoms with E-state index in [-0.39, 0.29) is 5.82 Å². The molecule has 2 aromatic carbocycles. The van der Waals surface area contributed by atoms with Gasteiger partial charge in [-0.05, 0) is 58.5 Å². The van der Waals surface area contributed by atoms with E-state index < -0.39 is 5.38 Å². The van der Waals surface area contributed by atoms with E-state index in [2.05, 4.69) is 22.6 Å². The molecule has 18 heavy (non-hydrogen) atoms. The molecular formula is C14H11ClFIO. The summed E-state index contributed by atoms with van der Waals surface area (Å²) in [5, 5.41) is -0.423. The molecule has 1 unspecified atom stereocenters. The summed E-state index contributed by atoms with van der Waals surface area (Å²) in [5.74, 6) is 0.275. The number of methoxy groups -OCH3 is 1. The summed E-state index contributed by atoms with van der Waals surface area (Å²) in [5.41, 5.74) is 1.56. The SMILES string of the molecule is COc1ccc(F)cc1C(Cl)c1ccc(I)cc1. The van der Waals surface area contributed by atoms with Gasteiger partial charge in [0.25, 0.3) is 0 Å². The van der Waals surface area contributed by atoms with Gasteiger partial charge in [-0.15, -0.1) is 11.6 Å². The van der Waals surface area contributed by atoms with Crippen molar-refractivity contribution in [2.75, 3.05) is 7.11 Å². The molecule has 0 saturated carbocycles. The van der Waals surface area contributed by atoms with Crippen LogP contribution in [0.4, 0.5) is 4.39 Å². The summed E-state index contributed by atoms with van der Waals surface area (Å²) in [6.07, 6.45) is 0. The van der Waals surface area contributed by atoms with E-state index in [0.29, 0.717) is 11.3 Å². The summed E-state index contributed by atoms with van der Waals surface area (Å²) < 4.78 is 19.7. The molecule has 0 spiro atoms. The lowest BCUT2D eigenvalue weighted by Gasteiger charge is -2.14. The standard InChI is InChI=1S/C14H11ClFIO/c1-18-13-7-4-10(16)8-12(13)14(15)9-2-5-11(17)6-3-9/h2-8,14H,1H3. The van der Waals surface area contributed by atoms with Crippen LogP contribution in [0.3, 0.4) is 0 Å². The van der Waals surface area contributed by atoms with Crippen LogP contribution < -0.4 is 4.74 Å². The summed E-state index contributed by atoms with van der Waals surface area (Å²) >= 11 is 8.62. The topological polar surface area (TPSA) is 9.23 Å². The second kappa shape index (κ2) is 5.89. The lowest BCUT2D eigenvalue weighted by molar-refractivity contribution is 0.409. The Hall–Kier alpha value is -0.810. The minimum atomic E-state index is -0.423. The molecule has 1 atom stereocenters. The van der Waals surface area contributed by atoms with Crippen molar-refractivity contribution in [2.45, 2.75) is 5.38 Å². The molecule has 94 valence electrons. The molecular weight excluding hydrogens is 366 g/mol. The van der Waals surface area contributed by atoms with Crippen molar-refractivity contribution in [3.05, 3.63) is 63.0 Å². The van der Waals surface area contributed by atoms with Crippen molar-refractivity contribution < 1.29 is 9.13 Å². The molecule has 0 aliphatic carbocycles. The Bertz CT molecular complexity index is 542. The van der Waals surface area contributed by atoms with Crippen molar-refractivity contribution in [2.24, 2.45) is 0 Å². The number of rotatable bonds is 3. The van der Waals surface area contributed by atoms with Gasteiger partial charge in [-0.25, -0.2) is 4.39 Å². The number of alkyl halides is 1. The maximum Gasteiger partial charge on any atom is 0.124 e. The smallest absolute Gasteiger partial charge is 0.124 e. The molecule has 2 rings (SSSR count). The molecule has 0 aliphatic heterocycles. The van der Waals surface area contributed by atoms with Crippen molar-refractivity contribution in [1.29, 1.82) is 0 Å². The van der Waals surface area contributed by atoms with Crippen LogP contribution >= 0.6 is 34.2 Å². The fourth-order valence-corrected chi connectivity index (χ4v) is 2.39. The van der Waals surface area contributed by atoms with Gasteiger partial charge in [0.05, 0.1) is 12.5 Å². The highest BCUT2D eigenvalue weighted by molar-refractivity contribution is 14.1. The molecule has 0 heterocycles. The second-order valence-electron chi connectivity index (χ2n) is 3.80. The lowest BCUT2D eigenvalue weighted by Crippen LogP contribution is -1.98. The zero-order valence-corrected chi connectivity index (χ0v) is 12.6. The van der Waals surface area contributed by atoms with Gasteiger partial charge < -0.3 is 4.74 Å². The van der Waals surface area contributed by atoms with Crippen molar-refractivity contribution in [3.63, 3.8) is 0 Å². The van der Waals surface area contributed by atoms with Gasteiger partial charge in [0.15, 0.2) is 0 Å². The molecule has 1 nitrogen and oxygen atoms in total. The zero-order valence-electron chi connectivity index (χ0n) is 9.66. The molecule has 0 bridgehead atoms. The molecule has 0 saturated heterocycles. The van der Waals surface area contributed by atoms with E-state index in [1.54, 1.807) is 13.2 Å². The third-order valence-electron chi connectivity index (χ3n) is 2.63. The Labute approximate surface area is 124 Å². The Balaban J connectivity index is 2.41. The highest BCUT2D eigenvalue weighted by Crippen LogP contribution is 2.35. The van der Waals surface area contributed by atoms with Gasteiger partial charge in [0.1, 0.15) is 11.6 Å². The van der Waals surface area contributed by atoms with E-state index in [9.17, 15) is 4.39 Å². The monoisotopic (exact) mass is 376 g/mol. The molecule has 0 amide bonds. The van der Waals surface area contributed by atoms with E-state index in [4.69, 9.17) is 16.3 Å². The first-order valence-corrected chi connectivity index (χ1v) is 6.86. The molecule has 0 radical (unpaired) electrons. The van der Waals surface area contributed by atoms with Crippen LogP contribution in [0.1, 0.15) is 16.5 Å². The average Bonchev–Trinajstić information content (AvgIpc) is 2.39. The van der Waals surface area contributed by atoms with Crippen LogP contribution in [0.15, 0.2) is 42.5 Å². The number of hydrogen-bond donors (Lipinski definition) is 0. The van der Waals surface area contributed by atoms with Crippen LogP contribution in [-0.2, 0) is 0 Å². The third kappa shape index (κ3) is 2.95. The maximum atomic E-state index is 13.3. The minimum absolute atomic E-state index is 0.318. The Morgan fingerprint density at radius 3 is 2.44 bits per heavy atom. The van der Waals surface area contributed by atoms with E-state index >= 15 is 0 Å². The molecule has 0 aromatic heterocycles. The Kier molecular flexibility index (Phi) is 4.45. The zero-order chi connectivity index (χ0) is 13.1. The van der Waals surface area contributed by atoms with Crippen molar-refractivity contribution >= 4 is 34.2 Å². The quantitative estimate of drug-likeness (QED) is 0.554. The number of hydrogen-bond acceptors (Lipinski definition) is 1. The van der Waals surface area contributed by atoms with Crippen LogP contribution in [0, 0.1) is 9.39 Å². The summed E-state index contributed by atoms with van der Waals surface area (Å²) in [4.78, 5) is 0. The molecule has 4 heteroatoms. The Morgan fingerprint density at radius 1 is 1.17 bits per heavy atom. The van der Waals surface area contributed by atoms with Crippen LogP contribution in [0.25, 0.3) is 0 Å². The van der Waals surface area contributed by atoms with Gasteiger partial charge in [-0.1, -0.05) is 12.1 Å². The van der Waals surface area contributed by atoms with E-state index in [1.165, 1.54) is 12.1 Å². The van der Waals surface area contributed by atoms with Crippen molar-refractivity contribution in [1.82, 2.24) is 0 Å². The van der Waals surface area contributed by atoms with Gasteiger partial charge >= 0.3 is 0 Å². The largest absolute Gasteiger partial charge is 0.496 e. The average molecular weight is 377 g/mol. The molecule has 0 fully saturated rings.